The maximum absolute atomic E-state index is 10.8. The van der Waals surface area contributed by atoms with Crippen LogP contribution in [0, 0.1) is 6.92 Å². The van der Waals surface area contributed by atoms with Crippen LogP contribution in [0.1, 0.15) is 16.1 Å². The fourth-order valence-corrected chi connectivity index (χ4v) is 2.00. The molecule has 18 heavy (non-hydrogen) atoms. The smallest absolute Gasteiger partial charge is 0.354 e. The molecule has 0 aliphatic heterocycles. The molecule has 0 bridgehead atoms. The molecule has 1 aromatic carbocycles. The van der Waals surface area contributed by atoms with E-state index < -0.39 is 5.97 Å². The lowest BCUT2D eigenvalue weighted by atomic mass is 10.2. The molecule has 0 saturated heterocycles. The number of pyridine rings is 1. The van der Waals surface area contributed by atoms with E-state index in [1.807, 2.05) is 25.1 Å². The number of aromatic nitrogens is 1. The normalized spacial score (nSPS) is 10.1. The van der Waals surface area contributed by atoms with E-state index in [0.717, 1.165) is 15.7 Å². The molecule has 0 spiro atoms. The van der Waals surface area contributed by atoms with Crippen molar-refractivity contribution in [3.8, 4) is 0 Å². The van der Waals surface area contributed by atoms with Gasteiger partial charge in [0.2, 0.25) is 0 Å². The van der Waals surface area contributed by atoms with Crippen LogP contribution < -0.4 is 5.32 Å². The number of carboxylic acids is 1. The Morgan fingerprint density at radius 3 is 2.78 bits per heavy atom. The first-order valence-electron chi connectivity index (χ1n) is 5.30. The van der Waals surface area contributed by atoms with Gasteiger partial charge >= 0.3 is 5.97 Å². The molecular formula is C13H11BrN2O2. The first kappa shape index (κ1) is 12.6. The van der Waals surface area contributed by atoms with Crippen molar-refractivity contribution in [3.05, 3.63) is 52.1 Å². The minimum atomic E-state index is -1.04. The Morgan fingerprint density at radius 2 is 2.11 bits per heavy atom. The molecule has 0 fully saturated rings. The van der Waals surface area contributed by atoms with Gasteiger partial charge in [0.15, 0.2) is 5.69 Å². The number of halogens is 1. The standard InChI is InChI=1S/C13H11BrN2O2/c1-8-7-9(14)5-6-10(8)15-12-4-2-3-11(16-12)13(17)18/h2-7H,1H3,(H,15,16)(H,17,18). The highest BCUT2D eigenvalue weighted by molar-refractivity contribution is 9.10. The molecule has 2 aromatic rings. The van der Waals surface area contributed by atoms with Gasteiger partial charge in [-0.3, -0.25) is 0 Å². The number of nitrogens with zero attached hydrogens (tertiary/aromatic N) is 1. The summed E-state index contributed by atoms with van der Waals surface area (Å²) in [5.41, 5.74) is 1.97. The number of hydrogen-bond donors (Lipinski definition) is 2. The number of carbonyl (C=O) groups is 1. The second kappa shape index (κ2) is 5.18. The first-order valence-corrected chi connectivity index (χ1v) is 6.09. The lowest BCUT2D eigenvalue weighted by molar-refractivity contribution is 0.0690. The predicted molar refractivity (Wildman–Crippen MR) is 73.4 cm³/mol. The first-order chi connectivity index (χ1) is 8.56. The Balaban J connectivity index is 2.28. The summed E-state index contributed by atoms with van der Waals surface area (Å²) in [7, 11) is 0. The minimum absolute atomic E-state index is 0.0229. The fourth-order valence-electron chi connectivity index (χ4n) is 1.53. The highest BCUT2D eigenvalue weighted by Gasteiger charge is 2.06. The summed E-state index contributed by atoms with van der Waals surface area (Å²) in [4.78, 5) is 14.8. The molecule has 0 aliphatic carbocycles. The molecule has 0 atom stereocenters. The molecule has 0 amide bonds. The van der Waals surface area contributed by atoms with Gasteiger partial charge in [0.05, 0.1) is 0 Å². The Bertz CT molecular complexity index is 599. The second-order valence-electron chi connectivity index (χ2n) is 3.80. The second-order valence-corrected chi connectivity index (χ2v) is 4.71. The average Bonchev–Trinajstić information content (AvgIpc) is 2.33. The fraction of sp³-hybridized carbons (Fsp3) is 0.0769. The molecule has 2 rings (SSSR count). The van der Waals surface area contributed by atoms with Gasteiger partial charge in [0.1, 0.15) is 5.82 Å². The van der Waals surface area contributed by atoms with E-state index in [1.165, 1.54) is 6.07 Å². The number of aryl methyl sites for hydroxylation is 1. The van der Waals surface area contributed by atoms with Crippen molar-refractivity contribution in [1.29, 1.82) is 0 Å². The molecule has 92 valence electrons. The minimum Gasteiger partial charge on any atom is -0.477 e. The zero-order valence-electron chi connectivity index (χ0n) is 9.64. The number of benzene rings is 1. The Kier molecular flexibility index (Phi) is 3.62. The quantitative estimate of drug-likeness (QED) is 0.909. The van der Waals surface area contributed by atoms with Gasteiger partial charge in [0, 0.05) is 10.2 Å². The van der Waals surface area contributed by atoms with Crippen LogP contribution in [-0.2, 0) is 0 Å². The third-order valence-electron chi connectivity index (χ3n) is 2.42. The molecule has 1 aromatic heterocycles. The maximum Gasteiger partial charge on any atom is 0.354 e. The van der Waals surface area contributed by atoms with E-state index in [2.05, 4.69) is 26.2 Å². The van der Waals surface area contributed by atoms with E-state index >= 15 is 0 Å². The highest BCUT2D eigenvalue weighted by Crippen LogP contribution is 2.22. The van der Waals surface area contributed by atoms with Crippen LogP contribution in [0.3, 0.4) is 0 Å². The van der Waals surface area contributed by atoms with Crippen molar-refractivity contribution in [1.82, 2.24) is 4.98 Å². The van der Waals surface area contributed by atoms with Crippen molar-refractivity contribution in [3.63, 3.8) is 0 Å². The van der Waals surface area contributed by atoms with Gasteiger partial charge in [0.25, 0.3) is 0 Å². The summed E-state index contributed by atoms with van der Waals surface area (Å²) in [6.07, 6.45) is 0. The topological polar surface area (TPSA) is 62.2 Å². The zero-order valence-corrected chi connectivity index (χ0v) is 11.2. The monoisotopic (exact) mass is 306 g/mol. The summed E-state index contributed by atoms with van der Waals surface area (Å²) in [6.45, 7) is 1.97. The predicted octanol–water partition coefficient (Wildman–Crippen LogP) is 3.59. The lowest BCUT2D eigenvalue weighted by Crippen LogP contribution is -2.03. The highest BCUT2D eigenvalue weighted by atomic mass is 79.9. The van der Waals surface area contributed by atoms with Crippen molar-refractivity contribution in [2.24, 2.45) is 0 Å². The molecule has 4 nitrogen and oxygen atoms in total. The SMILES string of the molecule is Cc1cc(Br)ccc1Nc1cccc(C(=O)O)n1. The number of aromatic carboxylic acids is 1. The van der Waals surface area contributed by atoms with E-state index in [4.69, 9.17) is 5.11 Å². The van der Waals surface area contributed by atoms with E-state index in [1.54, 1.807) is 12.1 Å². The molecule has 1 heterocycles. The summed E-state index contributed by atoms with van der Waals surface area (Å²) >= 11 is 3.39. The zero-order chi connectivity index (χ0) is 13.1. The summed E-state index contributed by atoms with van der Waals surface area (Å²) in [5.74, 6) is -0.522. The number of anilines is 2. The third kappa shape index (κ3) is 2.87. The summed E-state index contributed by atoms with van der Waals surface area (Å²) in [5, 5.41) is 12.0. The largest absolute Gasteiger partial charge is 0.477 e. The molecular weight excluding hydrogens is 296 g/mol. The Labute approximate surface area is 113 Å². The van der Waals surface area contributed by atoms with Gasteiger partial charge in [-0.2, -0.15) is 0 Å². The van der Waals surface area contributed by atoms with Crippen molar-refractivity contribution in [2.75, 3.05) is 5.32 Å². The van der Waals surface area contributed by atoms with Crippen LogP contribution in [-0.4, -0.2) is 16.1 Å². The Hall–Kier alpha value is -1.88. The van der Waals surface area contributed by atoms with Crippen LogP contribution in [0.4, 0.5) is 11.5 Å². The molecule has 2 N–H and O–H groups in total. The van der Waals surface area contributed by atoms with E-state index in [9.17, 15) is 4.79 Å². The van der Waals surface area contributed by atoms with Crippen molar-refractivity contribution >= 4 is 33.4 Å². The molecule has 5 heteroatoms. The maximum atomic E-state index is 10.8. The van der Waals surface area contributed by atoms with Gasteiger partial charge in [-0.05, 0) is 42.8 Å². The van der Waals surface area contributed by atoms with Crippen LogP contribution in [0.25, 0.3) is 0 Å². The molecule has 0 aliphatic rings. The number of nitrogens with one attached hydrogen (secondary N) is 1. The third-order valence-corrected chi connectivity index (χ3v) is 2.91. The van der Waals surface area contributed by atoms with Gasteiger partial charge in [-0.25, -0.2) is 9.78 Å². The summed E-state index contributed by atoms with van der Waals surface area (Å²) in [6, 6.07) is 10.6. The van der Waals surface area contributed by atoms with Gasteiger partial charge in [-0.15, -0.1) is 0 Å². The van der Waals surface area contributed by atoms with Crippen molar-refractivity contribution < 1.29 is 9.90 Å². The van der Waals surface area contributed by atoms with E-state index in [-0.39, 0.29) is 5.69 Å². The van der Waals surface area contributed by atoms with Gasteiger partial charge < -0.3 is 10.4 Å². The average molecular weight is 307 g/mol. The summed E-state index contributed by atoms with van der Waals surface area (Å²) < 4.78 is 0.998. The van der Waals surface area contributed by atoms with Crippen LogP contribution >= 0.6 is 15.9 Å². The number of rotatable bonds is 3. The number of carboxylic acid groups (broad SMARTS) is 1. The van der Waals surface area contributed by atoms with Crippen LogP contribution in [0.5, 0.6) is 0 Å². The molecule has 0 saturated carbocycles. The Morgan fingerprint density at radius 1 is 1.33 bits per heavy atom. The lowest BCUT2D eigenvalue weighted by Gasteiger charge is -2.09. The van der Waals surface area contributed by atoms with Crippen LogP contribution in [0.2, 0.25) is 0 Å². The molecule has 0 unspecified atom stereocenters. The van der Waals surface area contributed by atoms with Crippen molar-refractivity contribution in [2.45, 2.75) is 6.92 Å². The van der Waals surface area contributed by atoms with Gasteiger partial charge in [-0.1, -0.05) is 22.0 Å². The van der Waals surface area contributed by atoms with E-state index in [0.29, 0.717) is 5.82 Å². The van der Waals surface area contributed by atoms with Crippen LogP contribution in [0.15, 0.2) is 40.9 Å². The number of hydrogen-bond acceptors (Lipinski definition) is 3. The molecule has 0 radical (unpaired) electrons.